The van der Waals surface area contributed by atoms with Crippen LogP contribution in [0.15, 0.2) is 18.2 Å². The number of nitrogens with one attached hydrogen (secondary N) is 1. The highest BCUT2D eigenvalue weighted by Gasteiger charge is 2.09. The molecule has 1 rings (SSSR count). The van der Waals surface area contributed by atoms with Crippen LogP contribution in [-0.4, -0.2) is 11.5 Å². The van der Waals surface area contributed by atoms with Crippen LogP contribution in [0.5, 0.6) is 0 Å². The summed E-state index contributed by atoms with van der Waals surface area (Å²) in [5, 5.41) is 13.5. The topological polar surface area (TPSA) is 55.2 Å². The minimum atomic E-state index is -0.595. The summed E-state index contributed by atoms with van der Waals surface area (Å²) in [7, 11) is 0. The molecule has 0 spiro atoms. The molecule has 0 aromatic heterocycles. The molecule has 0 saturated heterocycles. The molecule has 0 radical (unpaired) electrons. The number of non-ortho nitro benzene ring substituents is 1. The number of nitro benzene ring substituents is 1. The summed E-state index contributed by atoms with van der Waals surface area (Å²) >= 11 is 0. The van der Waals surface area contributed by atoms with Gasteiger partial charge >= 0.3 is 0 Å². The summed E-state index contributed by atoms with van der Waals surface area (Å²) in [4.78, 5) is 9.94. The highest BCUT2D eigenvalue weighted by Crippen LogP contribution is 2.20. The Hall–Kier alpha value is -1.65. The van der Waals surface area contributed by atoms with Gasteiger partial charge in [0.05, 0.1) is 11.0 Å². The Kier molecular flexibility index (Phi) is 4.87. The Labute approximate surface area is 100.0 Å². The van der Waals surface area contributed by atoms with Gasteiger partial charge in [0.2, 0.25) is 0 Å². The van der Waals surface area contributed by atoms with Crippen molar-refractivity contribution in [3.63, 3.8) is 0 Å². The van der Waals surface area contributed by atoms with Gasteiger partial charge in [-0.3, -0.25) is 10.1 Å². The molecule has 1 aromatic rings. The lowest BCUT2D eigenvalue weighted by atomic mass is 10.1. The molecule has 0 heterocycles. The van der Waals surface area contributed by atoms with Gasteiger partial charge in [-0.15, -0.1) is 0 Å². The average molecular weight is 240 g/mol. The van der Waals surface area contributed by atoms with Gasteiger partial charge in [-0.1, -0.05) is 13.8 Å². The molecule has 1 N–H and O–H groups in total. The molecule has 0 bridgehead atoms. The van der Waals surface area contributed by atoms with Crippen molar-refractivity contribution in [2.24, 2.45) is 5.92 Å². The molecular formula is C12H17FN2O2. The van der Waals surface area contributed by atoms with Crippen LogP contribution in [0, 0.1) is 21.8 Å². The van der Waals surface area contributed by atoms with E-state index in [0.29, 0.717) is 18.2 Å². The molecule has 0 amide bonds. The second-order valence-electron chi connectivity index (χ2n) is 4.42. The fourth-order valence-corrected chi connectivity index (χ4v) is 1.52. The quantitative estimate of drug-likeness (QED) is 0.469. The number of halogens is 1. The van der Waals surface area contributed by atoms with E-state index in [-0.39, 0.29) is 5.69 Å². The second-order valence-corrected chi connectivity index (χ2v) is 4.42. The number of nitrogens with zero attached hydrogens (tertiary/aromatic N) is 1. The van der Waals surface area contributed by atoms with Crippen LogP contribution in [0.1, 0.15) is 26.7 Å². The van der Waals surface area contributed by atoms with E-state index in [1.54, 1.807) is 0 Å². The third-order valence-electron chi connectivity index (χ3n) is 2.38. The summed E-state index contributed by atoms with van der Waals surface area (Å²) in [6.45, 7) is 4.96. The van der Waals surface area contributed by atoms with Crippen molar-refractivity contribution >= 4 is 11.4 Å². The number of anilines is 1. The van der Waals surface area contributed by atoms with Gasteiger partial charge < -0.3 is 5.32 Å². The van der Waals surface area contributed by atoms with E-state index in [1.165, 1.54) is 12.1 Å². The molecule has 0 aliphatic heterocycles. The molecule has 0 atom stereocenters. The van der Waals surface area contributed by atoms with Gasteiger partial charge in [-0.2, -0.15) is 0 Å². The number of hydrogen-bond donors (Lipinski definition) is 1. The Balaban J connectivity index is 2.56. The van der Waals surface area contributed by atoms with Crippen LogP contribution in [-0.2, 0) is 0 Å². The molecule has 0 saturated carbocycles. The van der Waals surface area contributed by atoms with Crippen molar-refractivity contribution in [3.8, 4) is 0 Å². The van der Waals surface area contributed by atoms with Crippen molar-refractivity contribution in [1.82, 2.24) is 0 Å². The molecule has 94 valence electrons. The Bertz CT molecular complexity index is 394. The minimum absolute atomic E-state index is 0.226. The monoisotopic (exact) mass is 240 g/mol. The first-order chi connectivity index (χ1) is 7.99. The third-order valence-corrected chi connectivity index (χ3v) is 2.38. The summed E-state index contributed by atoms with van der Waals surface area (Å²) in [5.74, 6) is 0.0317. The van der Waals surface area contributed by atoms with Crippen LogP contribution < -0.4 is 5.32 Å². The number of hydrogen-bond acceptors (Lipinski definition) is 3. The van der Waals surface area contributed by atoms with E-state index in [4.69, 9.17) is 0 Å². The van der Waals surface area contributed by atoms with Crippen molar-refractivity contribution < 1.29 is 9.31 Å². The van der Waals surface area contributed by atoms with Crippen molar-refractivity contribution in [1.29, 1.82) is 0 Å². The maximum atomic E-state index is 13.1. The molecule has 0 aliphatic rings. The van der Waals surface area contributed by atoms with E-state index >= 15 is 0 Å². The Morgan fingerprint density at radius 1 is 1.41 bits per heavy atom. The van der Waals surface area contributed by atoms with Gasteiger partial charge in [0, 0.05) is 18.3 Å². The summed E-state index contributed by atoms with van der Waals surface area (Å²) in [5.41, 5.74) is 0.233. The maximum Gasteiger partial charge on any atom is 0.274 e. The Morgan fingerprint density at radius 3 is 2.71 bits per heavy atom. The number of benzene rings is 1. The maximum absolute atomic E-state index is 13.1. The molecule has 0 unspecified atom stereocenters. The fraction of sp³-hybridized carbons (Fsp3) is 0.500. The van der Waals surface area contributed by atoms with Crippen LogP contribution in [0.25, 0.3) is 0 Å². The first-order valence-corrected chi connectivity index (χ1v) is 5.68. The van der Waals surface area contributed by atoms with Crippen LogP contribution in [0.4, 0.5) is 15.8 Å². The van der Waals surface area contributed by atoms with Crippen molar-refractivity contribution in [3.05, 3.63) is 34.1 Å². The van der Waals surface area contributed by atoms with Crippen LogP contribution >= 0.6 is 0 Å². The van der Waals surface area contributed by atoms with Crippen molar-refractivity contribution in [2.75, 3.05) is 11.9 Å². The summed E-state index contributed by atoms with van der Waals surface area (Å²) < 4.78 is 13.1. The van der Waals surface area contributed by atoms with Gasteiger partial charge in [-0.25, -0.2) is 4.39 Å². The standard InChI is InChI=1S/C12H17FN2O2/c1-9(2)4-3-5-14-11-6-10(13)7-12(8-11)15(16)17/h6-9,14H,3-5H2,1-2H3. The zero-order chi connectivity index (χ0) is 12.8. The highest BCUT2D eigenvalue weighted by atomic mass is 19.1. The zero-order valence-electron chi connectivity index (χ0n) is 10.1. The second kappa shape index (κ2) is 6.18. The first-order valence-electron chi connectivity index (χ1n) is 5.68. The third kappa shape index (κ3) is 4.80. The number of nitro groups is 1. The normalized spacial score (nSPS) is 10.6. The van der Waals surface area contributed by atoms with Gasteiger partial charge in [0.15, 0.2) is 0 Å². The largest absolute Gasteiger partial charge is 0.385 e. The minimum Gasteiger partial charge on any atom is -0.385 e. The van der Waals surface area contributed by atoms with Crippen LogP contribution in [0.2, 0.25) is 0 Å². The predicted octanol–water partition coefficient (Wildman–Crippen LogP) is 3.58. The van der Waals surface area contributed by atoms with E-state index in [2.05, 4.69) is 19.2 Å². The van der Waals surface area contributed by atoms with E-state index in [0.717, 1.165) is 18.9 Å². The fourth-order valence-electron chi connectivity index (χ4n) is 1.52. The first kappa shape index (κ1) is 13.4. The van der Waals surface area contributed by atoms with Crippen molar-refractivity contribution in [2.45, 2.75) is 26.7 Å². The van der Waals surface area contributed by atoms with Gasteiger partial charge in [0.25, 0.3) is 5.69 Å². The summed E-state index contributed by atoms with van der Waals surface area (Å²) in [6.07, 6.45) is 2.03. The van der Waals surface area contributed by atoms with E-state index in [9.17, 15) is 14.5 Å². The average Bonchev–Trinajstić information content (AvgIpc) is 2.23. The van der Waals surface area contributed by atoms with Gasteiger partial charge in [0.1, 0.15) is 5.82 Å². The molecule has 0 aliphatic carbocycles. The van der Waals surface area contributed by atoms with E-state index in [1.807, 2.05) is 0 Å². The Morgan fingerprint density at radius 2 is 2.12 bits per heavy atom. The molecule has 1 aromatic carbocycles. The lowest BCUT2D eigenvalue weighted by Crippen LogP contribution is -2.04. The van der Waals surface area contributed by atoms with E-state index < -0.39 is 10.7 Å². The molecule has 0 fully saturated rings. The predicted molar refractivity (Wildman–Crippen MR) is 65.6 cm³/mol. The molecule has 5 heteroatoms. The highest BCUT2D eigenvalue weighted by molar-refractivity contribution is 5.51. The molecule has 17 heavy (non-hydrogen) atoms. The smallest absolute Gasteiger partial charge is 0.274 e. The molecule has 4 nitrogen and oxygen atoms in total. The lowest BCUT2D eigenvalue weighted by Gasteiger charge is -2.07. The van der Waals surface area contributed by atoms with Crippen LogP contribution in [0.3, 0.4) is 0 Å². The summed E-state index contributed by atoms with van der Waals surface area (Å²) in [6, 6.07) is 3.53. The van der Waals surface area contributed by atoms with Gasteiger partial charge in [-0.05, 0) is 24.8 Å². The zero-order valence-corrected chi connectivity index (χ0v) is 10.1. The SMILES string of the molecule is CC(C)CCCNc1cc(F)cc([N+](=O)[O-])c1. The lowest BCUT2D eigenvalue weighted by molar-refractivity contribution is -0.385. The number of rotatable bonds is 6. The molecular weight excluding hydrogens is 223 g/mol.